The van der Waals surface area contributed by atoms with Crippen LogP contribution in [0.3, 0.4) is 0 Å². The molecule has 0 saturated carbocycles. The summed E-state index contributed by atoms with van der Waals surface area (Å²) in [6, 6.07) is 11.7. The molecule has 2 aromatic rings. The van der Waals surface area contributed by atoms with E-state index >= 15 is 0 Å². The third-order valence-electron chi connectivity index (χ3n) is 4.49. The minimum atomic E-state index is -0.498. The highest BCUT2D eigenvalue weighted by Crippen LogP contribution is 2.27. The molecule has 0 radical (unpaired) electrons. The Bertz CT molecular complexity index is 825. The van der Waals surface area contributed by atoms with E-state index in [2.05, 4.69) is 29.4 Å². The number of carbonyl (C=O) groups excluding carboxylic acids is 1. The lowest BCUT2D eigenvalue weighted by Gasteiger charge is -2.18. The number of anilines is 1. The maximum atomic E-state index is 12.3. The number of nitro benzene ring substituents is 1. The smallest absolute Gasteiger partial charge is 0.293 e. The molecular formula is C20H25ClN4O3. The second kappa shape index (κ2) is 10.6. The van der Waals surface area contributed by atoms with E-state index in [1.165, 1.54) is 6.07 Å². The molecule has 0 aliphatic rings. The minimum Gasteiger partial charge on any atom is -0.375 e. The second-order valence-corrected chi connectivity index (χ2v) is 6.62. The van der Waals surface area contributed by atoms with Crippen molar-refractivity contribution in [3.05, 3.63) is 68.7 Å². The first kappa shape index (κ1) is 21.7. The zero-order valence-corrected chi connectivity index (χ0v) is 16.8. The molecule has 0 spiro atoms. The summed E-state index contributed by atoms with van der Waals surface area (Å²) in [4.78, 5) is 25.5. The van der Waals surface area contributed by atoms with Gasteiger partial charge in [0.15, 0.2) is 0 Å². The number of hydrogen-bond acceptors (Lipinski definition) is 5. The van der Waals surface area contributed by atoms with Gasteiger partial charge in [-0.25, -0.2) is 0 Å². The molecule has 2 aromatic carbocycles. The van der Waals surface area contributed by atoms with Crippen LogP contribution in [0.1, 0.15) is 29.8 Å². The molecule has 2 N–H and O–H groups in total. The maximum Gasteiger partial charge on any atom is 0.293 e. The molecule has 0 fully saturated rings. The van der Waals surface area contributed by atoms with Gasteiger partial charge in [0.05, 0.1) is 4.92 Å². The summed E-state index contributed by atoms with van der Waals surface area (Å²) in [7, 11) is 0. The predicted octanol–water partition coefficient (Wildman–Crippen LogP) is 3.93. The molecule has 0 aliphatic heterocycles. The lowest BCUT2D eigenvalue weighted by Crippen LogP contribution is -2.34. The Labute approximate surface area is 169 Å². The molecule has 0 unspecified atom stereocenters. The number of nitrogens with one attached hydrogen (secondary N) is 2. The average Bonchev–Trinajstić information content (AvgIpc) is 2.70. The molecule has 28 heavy (non-hydrogen) atoms. The van der Waals surface area contributed by atoms with Crippen LogP contribution in [0.25, 0.3) is 0 Å². The standard InChI is InChI=1S/C20H25ClN4O3/c1-3-24(4-2)12-11-22-20(26)15-9-10-18(19(13-15)25(27)28)23-14-16-7-5-6-8-17(16)21/h5-10,13,23H,3-4,11-12,14H2,1-2H3,(H,22,26). The summed E-state index contributed by atoms with van der Waals surface area (Å²) < 4.78 is 0. The number of amides is 1. The highest BCUT2D eigenvalue weighted by molar-refractivity contribution is 6.31. The Kier molecular flexibility index (Phi) is 8.22. The van der Waals surface area contributed by atoms with Gasteiger partial charge in [-0.15, -0.1) is 0 Å². The van der Waals surface area contributed by atoms with E-state index in [1.807, 2.05) is 18.2 Å². The van der Waals surface area contributed by atoms with Gasteiger partial charge in [-0.2, -0.15) is 0 Å². The molecule has 1 amide bonds. The lowest BCUT2D eigenvalue weighted by atomic mass is 10.1. The number of benzene rings is 2. The Morgan fingerprint density at radius 2 is 1.89 bits per heavy atom. The van der Waals surface area contributed by atoms with Crippen LogP contribution in [-0.2, 0) is 6.54 Å². The first-order valence-corrected chi connectivity index (χ1v) is 9.60. The van der Waals surface area contributed by atoms with Gasteiger partial charge in [0.25, 0.3) is 11.6 Å². The van der Waals surface area contributed by atoms with Crippen molar-refractivity contribution >= 4 is 28.9 Å². The van der Waals surface area contributed by atoms with Gasteiger partial charge in [0.2, 0.25) is 0 Å². The molecule has 150 valence electrons. The van der Waals surface area contributed by atoms with Crippen LogP contribution in [-0.4, -0.2) is 41.9 Å². The lowest BCUT2D eigenvalue weighted by molar-refractivity contribution is -0.384. The SMILES string of the molecule is CCN(CC)CCNC(=O)c1ccc(NCc2ccccc2Cl)c([N+](=O)[O-])c1. The van der Waals surface area contributed by atoms with E-state index in [0.717, 1.165) is 25.2 Å². The molecular weight excluding hydrogens is 380 g/mol. The van der Waals surface area contributed by atoms with Crippen molar-refractivity contribution in [1.29, 1.82) is 0 Å². The number of likely N-dealkylation sites (N-methyl/N-ethyl adjacent to an activating group) is 1. The van der Waals surface area contributed by atoms with Gasteiger partial charge < -0.3 is 15.5 Å². The van der Waals surface area contributed by atoms with Crippen LogP contribution >= 0.6 is 11.6 Å². The molecule has 0 heterocycles. The molecule has 8 heteroatoms. The predicted molar refractivity (Wildman–Crippen MR) is 112 cm³/mol. The Morgan fingerprint density at radius 1 is 1.18 bits per heavy atom. The van der Waals surface area contributed by atoms with Crippen molar-refractivity contribution in [2.75, 3.05) is 31.5 Å². The van der Waals surface area contributed by atoms with Crippen molar-refractivity contribution in [1.82, 2.24) is 10.2 Å². The summed E-state index contributed by atoms with van der Waals surface area (Å²) in [5.74, 6) is -0.326. The third-order valence-corrected chi connectivity index (χ3v) is 4.86. The van der Waals surface area contributed by atoms with E-state index in [4.69, 9.17) is 11.6 Å². The van der Waals surface area contributed by atoms with E-state index < -0.39 is 4.92 Å². The number of hydrogen-bond donors (Lipinski definition) is 2. The first-order chi connectivity index (χ1) is 13.5. The van der Waals surface area contributed by atoms with Crippen molar-refractivity contribution in [2.24, 2.45) is 0 Å². The quantitative estimate of drug-likeness (QED) is 0.462. The maximum absolute atomic E-state index is 12.3. The molecule has 0 saturated heterocycles. The van der Waals surface area contributed by atoms with Crippen LogP contribution in [0.5, 0.6) is 0 Å². The molecule has 0 aliphatic carbocycles. The molecule has 0 bridgehead atoms. The number of nitrogens with zero attached hydrogens (tertiary/aromatic N) is 2. The summed E-state index contributed by atoms with van der Waals surface area (Å²) >= 11 is 6.12. The third kappa shape index (κ3) is 5.94. The van der Waals surface area contributed by atoms with Crippen molar-refractivity contribution in [2.45, 2.75) is 20.4 Å². The molecule has 2 rings (SSSR count). The molecule has 7 nitrogen and oxygen atoms in total. The molecule has 0 atom stereocenters. The second-order valence-electron chi connectivity index (χ2n) is 6.22. The van der Waals surface area contributed by atoms with Gasteiger partial charge >= 0.3 is 0 Å². The van der Waals surface area contributed by atoms with Gasteiger partial charge in [-0.3, -0.25) is 14.9 Å². The largest absolute Gasteiger partial charge is 0.375 e. The van der Waals surface area contributed by atoms with Crippen LogP contribution in [0.2, 0.25) is 5.02 Å². The first-order valence-electron chi connectivity index (χ1n) is 9.22. The normalized spacial score (nSPS) is 10.7. The zero-order valence-electron chi connectivity index (χ0n) is 16.1. The fourth-order valence-electron chi connectivity index (χ4n) is 2.78. The van der Waals surface area contributed by atoms with Gasteiger partial charge in [0, 0.05) is 36.3 Å². The summed E-state index contributed by atoms with van der Waals surface area (Å²) in [5.41, 5.74) is 1.28. The Balaban J connectivity index is 2.06. The number of nitro groups is 1. The number of rotatable bonds is 10. The van der Waals surface area contributed by atoms with E-state index in [-0.39, 0.29) is 17.2 Å². The minimum absolute atomic E-state index is 0.150. The summed E-state index contributed by atoms with van der Waals surface area (Å²) in [6.07, 6.45) is 0. The van der Waals surface area contributed by atoms with Gasteiger partial charge in [-0.1, -0.05) is 43.6 Å². The monoisotopic (exact) mass is 404 g/mol. The number of carbonyl (C=O) groups is 1. The van der Waals surface area contributed by atoms with Crippen molar-refractivity contribution in [3.8, 4) is 0 Å². The van der Waals surface area contributed by atoms with Crippen molar-refractivity contribution < 1.29 is 9.72 Å². The highest BCUT2D eigenvalue weighted by atomic mass is 35.5. The number of halogens is 1. The Morgan fingerprint density at radius 3 is 2.54 bits per heavy atom. The topological polar surface area (TPSA) is 87.5 Å². The van der Waals surface area contributed by atoms with Crippen molar-refractivity contribution in [3.63, 3.8) is 0 Å². The van der Waals surface area contributed by atoms with Gasteiger partial charge in [0.1, 0.15) is 5.69 Å². The summed E-state index contributed by atoms with van der Waals surface area (Å²) in [6.45, 7) is 7.49. The van der Waals surface area contributed by atoms with E-state index in [0.29, 0.717) is 23.8 Å². The van der Waals surface area contributed by atoms with Gasteiger partial charge in [-0.05, 0) is 36.9 Å². The molecule has 0 aromatic heterocycles. The van der Waals surface area contributed by atoms with Crippen LogP contribution in [0.15, 0.2) is 42.5 Å². The van der Waals surface area contributed by atoms with Crippen LogP contribution in [0.4, 0.5) is 11.4 Å². The fraction of sp³-hybridized carbons (Fsp3) is 0.350. The summed E-state index contributed by atoms with van der Waals surface area (Å²) in [5, 5.41) is 17.9. The zero-order chi connectivity index (χ0) is 20.5. The Hall–Kier alpha value is -2.64. The van der Waals surface area contributed by atoms with E-state index in [1.54, 1.807) is 18.2 Å². The average molecular weight is 405 g/mol. The van der Waals surface area contributed by atoms with Crippen LogP contribution in [0, 0.1) is 10.1 Å². The highest BCUT2D eigenvalue weighted by Gasteiger charge is 2.18. The fourth-order valence-corrected chi connectivity index (χ4v) is 2.98. The van der Waals surface area contributed by atoms with Crippen LogP contribution < -0.4 is 10.6 Å². The van der Waals surface area contributed by atoms with E-state index in [9.17, 15) is 14.9 Å².